The fourth-order valence-corrected chi connectivity index (χ4v) is 1.36. The Hall–Kier alpha value is -1.55. The standard InChI is InChI=1S/C10H12N4/c1-8-12-13-10(14(8)2)6-9-4-3-5-11-7-9/h3-5,7H,6H2,1-2H3/p+1. The molecule has 0 bridgehead atoms. The van der Waals surface area contributed by atoms with E-state index in [2.05, 4.69) is 28.3 Å². The fraction of sp³-hybridized carbons (Fsp3) is 0.300. The summed E-state index contributed by atoms with van der Waals surface area (Å²) in [6.45, 7) is 1.98. The molecule has 0 saturated carbocycles. The molecule has 0 spiro atoms. The molecule has 1 aromatic heterocycles. The second kappa shape index (κ2) is 3.67. The van der Waals surface area contributed by atoms with Gasteiger partial charge in [0.1, 0.15) is 0 Å². The molecule has 2 heterocycles. The second-order valence-corrected chi connectivity index (χ2v) is 3.40. The predicted molar refractivity (Wildman–Crippen MR) is 55.4 cm³/mol. The van der Waals surface area contributed by atoms with E-state index in [1.807, 2.05) is 19.2 Å². The third-order valence-electron chi connectivity index (χ3n) is 2.39. The Morgan fingerprint density at radius 2 is 2.21 bits per heavy atom. The molecule has 4 heteroatoms. The minimum Gasteiger partial charge on any atom is -0.264 e. The molecule has 0 saturated heterocycles. The van der Waals surface area contributed by atoms with Crippen molar-refractivity contribution in [2.45, 2.75) is 13.3 Å². The molecule has 0 radical (unpaired) electrons. The number of nitrogens with one attached hydrogen (secondary N) is 1. The summed E-state index contributed by atoms with van der Waals surface area (Å²) in [7, 11) is 2.06. The van der Waals surface area contributed by atoms with Gasteiger partial charge in [0.15, 0.2) is 0 Å². The lowest BCUT2D eigenvalue weighted by molar-refractivity contribution is -0.674. The number of hydrogen-bond donors (Lipinski definition) is 1. The van der Waals surface area contributed by atoms with Crippen LogP contribution in [0.2, 0.25) is 0 Å². The van der Waals surface area contributed by atoms with Crippen LogP contribution in [-0.4, -0.2) is 23.7 Å². The van der Waals surface area contributed by atoms with Crippen molar-refractivity contribution in [1.29, 1.82) is 0 Å². The van der Waals surface area contributed by atoms with Crippen molar-refractivity contribution >= 4 is 11.7 Å². The van der Waals surface area contributed by atoms with E-state index in [1.165, 1.54) is 10.5 Å². The van der Waals surface area contributed by atoms with Gasteiger partial charge in [-0.2, -0.15) is 0 Å². The molecule has 1 unspecified atom stereocenters. The number of hydrogen-bond acceptors (Lipinski definition) is 3. The molecule has 14 heavy (non-hydrogen) atoms. The first-order chi connectivity index (χ1) is 6.77. The fourth-order valence-electron chi connectivity index (χ4n) is 1.36. The van der Waals surface area contributed by atoms with Crippen molar-refractivity contribution in [2.75, 3.05) is 7.05 Å². The van der Waals surface area contributed by atoms with E-state index in [-0.39, 0.29) is 0 Å². The number of amidine groups is 2. The maximum atomic E-state index is 4.13. The van der Waals surface area contributed by atoms with Gasteiger partial charge in [-0.15, -0.1) is 0 Å². The lowest BCUT2D eigenvalue weighted by atomic mass is 10.2. The summed E-state index contributed by atoms with van der Waals surface area (Å²) in [5.74, 6) is 2.07. The zero-order valence-electron chi connectivity index (χ0n) is 8.36. The van der Waals surface area contributed by atoms with Crippen LogP contribution in [0.15, 0.2) is 34.7 Å². The molecular formula is C10H13N4+. The van der Waals surface area contributed by atoms with Crippen LogP contribution < -0.4 is 4.90 Å². The summed E-state index contributed by atoms with van der Waals surface area (Å²) in [5, 5.41) is 8.17. The molecule has 1 N–H and O–H groups in total. The van der Waals surface area contributed by atoms with E-state index in [9.17, 15) is 0 Å². The normalized spacial score (nSPS) is 20.6. The van der Waals surface area contributed by atoms with Gasteiger partial charge in [-0.05, 0) is 11.6 Å². The SMILES string of the molecule is CC1=NN=C(Cc2cccnc2)[NH+]1C. The van der Waals surface area contributed by atoms with Crippen molar-refractivity contribution in [3.05, 3.63) is 30.1 Å². The van der Waals surface area contributed by atoms with Crippen molar-refractivity contribution < 1.29 is 4.90 Å². The van der Waals surface area contributed by atoms with Gasteiger partial charge in [0.2, 0.25) is 11.7 Å². The first-order valence-corrected chi connectivity index (χ1v) is 4.61. The zero-order chi connectivity index (χ0) is 9.97. The van der Waals surface area contributed by atoms with Crippen LogP contribution in [0.25, 0.3) is 0 Å². The van der Waals surface area contributed by atoms with Crippen molar-refractivity contribution in [3.8, 4) is 0 Å². The van der Waals surface area contributed by atoms with Crippen LogP contribution in [0.4, 0.5) is 0 Å². The summed E-state index contributed by atoms with van der Waals surface area (Å²) < 4.78 is 0. The minimum absolute atomic E-state index is 0.820. The van der Waals surface area contributed by atoms with E-state index in [0.29, 0.717) is 0 Å². The highest BCUT2D eigenvalue weighted by Crippen LogP contribution is 1.98. The Balaban J connectivity index is 2.08. The van der Waals surface area contributed by atoms with Crippen LogP contribution in [0, 0.1) is 0 Å². The van der Waals surface area contributed by atoms with Crippen molar-refractivity contribution in [3.63, 3.8) is 0 Å². The molecule has 1 atom stereocenters. The number of nitrogens with zero attached hydrogens (tertiary/aromatic N) is 3. The quantitative estimate of drug-likeness (QED) is 0.692. The monoisotopic (exact) mass is 189 g/mol. The summed E-state index contributed by atoms with van der Waals surface area (Å²) in [6, 6.07) is 3.99. The van der Waals surface area contributed by atoms with Crippen LogP contribution in [-0.2, 0) is 6.42 Å². The van der Waals surface area contributed by atoms with Crippen LogP contribution in [0.5, 0.6) is 0 Å². The van der Waals surface area contributed by atoms with Gasteiger partial charge in [0.05, 0.1) is 13.5 Å². The smallest absolute Gasteiger partial charge is 0.231 e. The van der Waals surface area contributed by atoms with Crippen molar-refractivity contribution in [2.24, 2.45) is 10.2 Å². The largest absolute Gasteiger partial charge is 0.264 e. The van der Waals surface area contributed by atoms with Gasteiger partial charge >= 0.3 is 0 Å². The minimum atomic E-state index is 0.820. The topological polar surface area (TPSA) is 42.0 Å². The Morgan fingerprint density at radius 1 is 1.36 bits per heavy atom. The maximum Gasteiger partial charge on any atom is 0.231 e. The highest BCUT2D eigenvalue weighted by atomic mass is 15.4. The lowest BCUT2D eigenvalue weighted by Gasteiger charge is -2.06. The van der Waals surface area contributed by atoms with Crippen LogP contribution >= 0.6 is 0 Å². The Kier molecular flexibility index (Phi) is 2.37. The van der Waals surface area contributed by atoms with Gasteiger partial charge in [0, 0.05) is 19.3 Å². The average Bonchev–Trinajstić information content (AvgIpc) is 2.52. The molecule has 1 aliphatic rings. The van der Waals surface area contributed by atoms with Gasteiger partial charge in [-0.3, -0.25) is 4.98 Å². The Labute approximate surface area is 83.0 Å². The summed E-state index contributed by atoms with van der Waals surface area (Å²) in [6.07, 6.45) is 4.46. The first kappa shape index (κ1) is 9.02. The van der Waals surface area contributed by atoms with E-state index < -0.39 is 0 Å². The summed E-state index contributed by atoms with van der Waals surface area (Å²) >= 11 is 0. The molecule has 2 rings (SSSR count). The molecule has 0 fully saturated rings. The van der Waals surface area contributed by atoms with Gasteiger partial charge in [-0.25, -0.2) is 4.90 Å². The zero-order valence-corrected chi connectivity index (χ0v) is 8.36. The number of likely N-dealkylation sites (N-methyl/N-ethyl adjacent to an activating group) is 1. The molecule has 0 aliphatic carbocycles. The van der Waals surface area contributed by atoms with E-state index >= 15 is 0 Å². The van der Waals surface area contributed by atoms with Gasteiger partial charge < -0.3 is 0 Å². The molecule has 4 nitrogen and oxygen atoms in total. The van der Waals surface area contributed by atoms with Crippen LogP contribution in [0.3, 0.4) is 0 Å². The summed E-state index contributed by atoms with van der Waals surface area (Å²) in [4.78, 5) is 5.26. The number of aromatic nitrogens is 1. The van der Waals surface area contributed by atoms with E-state index in [1.54, 1.807) is 6.20 Å². The Bertz CT molecular complexity index is 380. The maximum absolute atomic E-state index is 4.13. The highest BCUT2D eigenvalue weighted by Gasteiger charge is 2.21. The molecule has 1 aliphatic heterocycles. The van der Waals surface area contributed by atoms with Crippen molar-refractivity contribution in [1.82, 2.24) is 4.98 Å². The van der Waals surface area contributed by atoms with Gasteiger partial charge in [-0.1, -0.05) is 16.3 Å². The summed E-state index contributed by atoms with van der Waals surface area (Å²) in [5.41, 5.74) is 1.18. The molecule has 72 valence electrons. The molecule has 0 aromatic carbocycles. The lowest BCUT2D eigenvalue weighted by Crippen LogP contribution is -3.13. The molecule has 0 amide bonds. The highest BCUT2D eigenvalue weighted by molar-refractivity contribution is 5.90. The third-order valence-corrected chi connectivity index (χ3v) is 2.39. The predicted octanol–water partition coefficient (Wildman–Crippen LogP) is -0.116. The number of pyridine rings is 1. The second-order valence-electron chi connectivity index (χ2n) is 3.40. The average molecular weight is 189 g/mol. The number of quaternary nitrogens is 1. The third kappa shape index (κ3) is 1.70. The number of rotatable bonds is 2. The molecule has 1 aromatic rings. The molecular weight excluding hydrogens is 176 g/mol. The van der Waals surface area contributed by atoms with Gasteiger partial charge in [0.25, 0.3) is 0 Å². The first-order valence-electron chi connectivity index (χ1n) is 4.61. The van der Waals surface area contributed by atoms with Crippen LogP contribution in [0.1, 0.15) is 12.5 Å². The van der Waals surface area contributed by atoms with E-state index in [4.69, 9.17) is 0 Å². The Morgan fingerprint density at radius 3 is 2.79 bits per heavy atom. The van der Waals surface area contributed by atoms with E-state index in [0.717, 1.165) is 18.1 Å².